The van der Waals surface area contributed by atoms with E-state index in [1.165, 1.54) is 7.11 Å². The number of anilines is 2. The fraction of sp³-hybridized carbons (Fsp3) is 0.0909. The van der Waals surface area contributed by atoms with Crippen molar-refractivity contribution in [3.63, 3.8) is 0 Å². The first-order valence-corrected chi connectivity index (χ1v) is 5.10. The molecule has 0 unspecified atom stereocenters. The molecule has 0 aliphatic heterocycles. The fourth-order valence-corrected chi connectivity index (χ4v) is 1.62. The van der Waals surface area contributed by atoms with Crippen molar-refractivity contribution in [3.8, 4) is 11.4 Å². The number of ether oxygens (including phenoxy) is 1. The molecule has 0 aliphatic rings. The Kier molecular flexibility index (Phi) is 2.80. The fourth-order valence-electron chi connectivity index (χ4n) is 1.62. The Morgan fingerprint density at radius 3 is 2.56 bits per heavy atom. The molecule has 7 nitrogen and oxygen atoms in total. The molecule has 94 valence electrons. The van der Waals surface area contributed by atoms with E-state index in [0.717, 1.165) is 4.57 Å². The molecule has 7 heteroatoms. The molecule has 0 fully saturated rings. The molecule has 0 spiro atoms. The number of nitrogen functional groups attached to an aromatic ring is 2. The van der Waals surface area contributed by atoms with E-state index in [4.69, 9.17) is 16.2 Å². The predicted octanol–water partition coefficient (Wildman–Crippen LogP) is -0.301. The molecule has 1 aromatic heterocycles. The van der Waals surface area contributed by atoms with Crippen LogP contribution in [-0.4, -0.2) is 16.7 Å². The van der Waals surface area contributed by atoms with Crippen molar-refractivity contribution in [2.45, 2.75) is 0 Å². The van der Waals surface area contributed by atoms with E-state index in [0.29, 0.717) is 11.4 Å². The largest absolute Gasteiger partial charge is 0.495 e. The van der Waals surface area contributed by atoms with E-state index in [9.17, 15) is 9.59 Å². The van der Waals surface area contributed by atoms with Crippen LogP contribution in [0.3, 0.4) is 0 Å². The van der Waals surface area contributed by atoms with Crippen LogP contribution in [0.15, 0.2) is 33.9 Å². The standard InChI is InChI=1S/C11H12N4O3/c1-18-7-5-3-2-4-6(7)15-9(13)8(12)10(16)14-11(15)17/h2-5H,12-13H2,1H3,(H,14,16,17). The summed E-state index contributed by atoms with van der Waals surface area (Å²) in [4.78, 5) is 25.2. The summed E-state index contributed by atoms with van der Waals surface area (Å²) < 4.78 is 6.22. The normalized spacial score (nSPS) is 10.3. The van der Waals surface area contributed by atoms with E-state index < -0.39 is 11.2 Å². The van der Waals surface area contributed by atoms with Gasteiger partial charge in [0, 0.05) is 0 Å². The summed E-state index contributed by atoms with van der Waals surface area (Å²) in [6, 6.07) is 6.76. The summed E-state index contributed by atoms with van der Waals surface area (Å²) in [7, 11) is 1.47. The second kappa shape index (κ2) is 4.28. The second-order valence-electron chi connectivity index (χ2n) is 3.57. The lowest BCUT2D eigenvalue weighted by Crippen LogP contribution is -2.33. The zero-order valence-electron chi connectivity index (χ0n) is 9.64. The van der Waals surface area contributed by atoms with Gasteiger partial charge in [-0.15, -0.1) is 0 Å². The highest BCUT2D eigenvalue weighted by Crippen LogP contribution is 2.23. The lowest BCUT2D eigenvalue weighted by molar-refractivity contribution is 0.412. The summed E-state index contributed by atoms with van der Waals surface area (Å²) in [5.41, 5.74) is 10.0. The number of nitrogens with two attached hydrogens (primary N) is 2. The van der Waals surface area contributed by atoms with E-state index in [1.807, 2.05) is 0 Å². The summed E-state index contributed by atoms with van der Waals surface area (Å²) in [5, 5.41) is 0. The van der Waals surface area contributed by atoms with Gasteiger partial charge in [-0.25, -0.2) is 9.36 Å². The Morgan fingerprint density at radius 2 is 1.89 bits per heavy atom. The average Bonchev–Trinajstić information content (AvgIpc) is 2.37. The van der Waals surface area contributed by atoms with Crippen LogP contribution in [0.25, 0.3) is 5.69 Å². The molecule has 5 N–H and O–H groups in total. The van der Waals surface area contributed by atoms with Crippen molar-refractivity contribution in [2.24, 2.45) is 0 Å². The van der Waals surface area contributed by atoms with Crippen molar-refractivity contribution < 1.29 is 4.74 Å². The number of para-hydroxylation sites is 2. The Morgan fingerprint density at radius 1 is 1.22 bits per heavy atom. The summed E-state index contributed by atoms with van der Waals surface area (Å²) in [6.45, 7) is 0. The van der Waals surface area contributed by atoms with Gasteiger partial charge in [0.1, 0.15) is 17.3 Å². The SMILES string of the molecule is COc1ccccc1-n1c(N)c(N)c(=O)[nH]c1=O. The second-order valence-corrected chi connectivity index (χ2v) is 3.57. The number of benzene rings is 1. The Bertz CT molecular complexity index is 702. The molecule has 18 heavy (non-hydrogen) atoms. The van der Waals surface area contributed by atoms with Gasteiger partial charge in [-0.1, -0.05) is 12.1 Å². The first-order valence-electron chi connectivity index (χ1n) is 5.10. The van der Waals surface area contributed by atoms with Gasteiger partial charge in [0.2, 0.25) is 0 Å². The van der Waals surface area contributed by atoms with Crippen LogP contribution in [0.1, 0.15) is 0 Å². The monoisotopic (exact) mass is 248 g/mol. The highest BCUT2D eigenvalue weighted by atomic mass is 16.5. The molecule has 2 aromatic rings. The number of nitrogens with one attached hydrogen (secondary N) is 1. The van der Waals surface area contributed by atoms with Gasteiger partial charge in [0.05, 0.1) is 12.8 Å². The van der Waals surface area contributed by atoms with Crippen LogP contribution in [0.5, 0.6) is 5.75 Å². The van der Waals surface area contributed by atoms with Crippen molar-refractivity contribution in [1.82, 2.24) is 9.55 Å². The summed E-state index contributed by atoms with van der Waals surface area (Å²) >= 11 is 0. The summed E-state index contributed by atoms with van der Waals surface area (Å²) in [5.74, 6) is 0.325. The Balaban J connectivity index is 2.84. The van der Waals surface area contributed by atoms with Gasteiger partial charge < -0.3 is 16.2 Å². The van der Waals surface area contributed by atoms with Crippen molar-refractivity contribution in [2.75, 3.05) is 18.6 Å². The van der Waals surface area contributed by atoms with Crippen LogP contribution in [-0.2, 0) is 0 Å². The average molecular weight is 248 g/mol. The first kappa shape index (κ1) is 11.8. The smallest absolute Gasteiger partial charge is 0.334 e. The lowest BCUT2D eigenvalue weighted by atomic mass is 10.3. The molecule has 1 heterocycles. The van der Waals surface area contributed by atoms with Gasteiger partial charge in [-0.2, -0.15) is 0 Å². The molecular formula is C11H12N4O3. The number of methoxy groups -OCH3 is 1. The van der Waals surface area contributed by atoms with Gasteiger partial charge in [-0.3, -0.25) is 9.78 Å². The van der Waals surface area contributed by atoms with E-state index in [-0.39, 0.29) is 11.5 Å². The molecule has 0 amide bonds. The molecular weight excluding hydrogens is 236 g/mol. The van der Waals surface area contributed by atoms with Gasteiger partial charge in [0.25, 0.3) is 5.56 Å². The molecule has 0 aliphatic carbocycles. The maximum atomic E-state index is 11.8. The molecule has 0 saturated heterocycles. The molecule has 1 aromatic carbocycles. The van der Waals surface area contributed by atoms with Crippen LogP contribution in [0, 0.1) is 0 Å². The van der Waals surface area contributed by atoms with Crippen molar-refractivity contribution in [1.29, 1.82) is 0 Å². The number of aromatic nitrogens is 2. The van der Waals surface area contributed by atoms with Gasteiger partial charge in [-0.05, 0) is 12.1 Å². The number of aromatic amines is 1. The van der Waals surface area contributed by atoms with E-state index >= 15 is 0 Å². The van der Waals surface area contributed by atoms with Crippen LogP contribution < -0.4 is 27.5 Å². The third-order valence-electron chi connectivity index (χ3n) is 2.51. The number of hydrogen-bond acceptors (Lipinski definition) is 5. The summed E-state index contributed by atoms with van der Waals surface area (Å²) in [6.07, 6.45) is 0. The Hall–Kier alpha value is -2.70. The third kappa shape index (κ3) is 1.71. The van der Waals surface area contributed by atoms with Crippen LogP contribution in [0.4, 0.5) is 11.5 Å². The highest BCUT2D eigenvalue weighted by molar-refractivity contribution is 5.62. The Labute approximate surface area is 102 Å². The maximum absolute atomic E-state index is 11.8. The first-order chi connectivity index (χ1) is 8.56. The topological polar surface area (TPSA) is 116 Å². The number of H-pyrrole nitrogens is 1. The molecule has 2 rings (SSSR count). The maximum Gasteiger partial charge on any atom is 0.334 e. The molecule has 0 saturated carbocycles. The zero-order chi connectivity index (χ0) is 13.3. The number of hydrogen-bond donors (Lipinski definition) is 3. The zero-order valence-corrected chi connectivity index (χ0v) is 9.64. The van der Waals surface area contributed by atoms with Gasteiger partial charge in [0.15, 0.2) is 0 Å². The molecule has 0 radical (unpaired) electrons. The van der Waals surface area contributed by atoms with E-state index in [1.54, 1.807) is 24.3 Å². The third-order valence-corrected chi connectivity index (χ3v) is 2.51. The van der Waals surface area contributed by atoms with Crippen molar-refractivity contribution >= 4 is 11.5 Å². The lowest BCUT2D eigenvalue weighted by Gasteiger charge is -2.13. The highest BCUT2D eigenvalue weighted by Gasteiger charge is 2.13. The van der Waals surface area contributed by atoms with Crippen LogP contribution >= 0.6 is 0 Å². The van der Waals surface area contributed by atoms with E-state index in [2.05, 4.69) is 4.98 Å². The quantitative estimate of drug-likeness (QED) is 0.674. The number of nitrogens with zero attached hydrogens (tertiary/aromatic N) is 1. The van der Waals surface area contributed by atoms with Gasteiger partial charge >= 0.3 is 5.69 Å². The van der Waals surface area contributed by atoms with Crippen LogP contribution in [0.2, 0.25) is 0 Å². The molecule has 0 bridgehead atoms. The minimum atomic E-state index is -0.705. The minimum absolute atomic E-state index is 0.117. The predicted molar refractivity (Wildman–Crippen MR) is 68.0 cm³/mol. The molecule has 0 atom stereocenters. The number of rotatable bonds is 2. The van der Waals surface area contributed by atoms with Crippen molar-refractivity contribution in [3.05, 3.63) is 45.1 Å². The minimum Gasteiger partial charge on any atom is -0.495 e.